The van der Waals surface area contributed by atoms with Crippen molar-refractivity contribution in [1.29, 1.82) is 0 Å². The lowest BCUT2D eigenvalue weighted by atomic mass is 10.1. The Bertz CT molecular complexity index is 1020. The summed E-state index contributed by atoms with van der Waals surface area (Å²) in [6.07, 6.45) is 3.30. The number of likely N-dealkylation sites (tertiary alicyclic amines) is 1. The smallest absolute Gasteiger partial charge is 0.407 e. The van der Waals surface area contributed by atoms with Crippen molar-refractivity contribution in [3.8, 4) is 0 Å². The van der Waals surface area contributed by atoms with Crippen LogP contribution in [0.2, 0.25) is 0 Å². The van der Waals surface area contributed by atoms with E-state index in [1.54, 1.807) is 12.1 Å². The van der Waals surface area contributed by atoms with Crippen molar-refractivity contribution in [2.45, 2.75) is 70.6 Å². The molecule has 3 N–H and O–H groups in total. The highest BCUT2D eigenvalue weighted by molar-refractivity contribution is 6.01. The summed E-state index contributed by atoms with van der Waals surface area (Å²) in [5.74, 6) is -0.954. The molecule has 0 aliphatic carbocycles. The maximum atomic E-state index is 14.9. The summed E-state index contributed by atoms with van der Waals surface area (Å²) in [4.78, 5) is 42.3. The molecule has 3 heterocycles. The number of nitrogens with one attached hydrogen (secondary N) is 3. The van der Waals surface area contributed by atoms with Crippen molar-refractivity contribution in [3.05, 3.63) is 24.0 Å². The van der Waals surface area contributed by atoms with Crippen LogP contribution in [0.15, 0.2) is 18.2 Å². The lowest BCUT2D eigenvalue weighted by molar-refractivity contribution is -0.133. The second kappa shape index (κ2) is 13.0. The fourth-order valence-corrected chi connectivity index (χ4v) is 5.39. The second-order valence-corrected chi connectivity index (χ2v) is 11.8. The normalized spacial score (nSPS) is 21.9. The number of carbonyl (C=O) groups is 3. The van der Waals surface area contributed by atoms with E-state index in [9.17, 15) is 18.8 Å². The van der Waals surface area contributed by atoms with Crippen LogP contribution in [0, 0.1) is 5.82 Å². The van der Waals surface area contributed by atoms with Crippen LogP contribution >= 0.6 is 0 Å². The number of benzene rings is 1. The van der Waals surface area contributed by atoms with Crippen LogP contribution in [0.4, 0.5) is 20.6 Å². The number of rotatable bonds is 8. The van der Waals surface area contributed by atoms with Gasteiger partial charge in [-0.1, -0.05) is 0 Å². The number of imide groups is 1. The summed E-state index contributed by atoms with van der Waals surface area (Å²) >= 11 is 0. The number of anilines is 2. The molecule has 1 aromatic rings. The van der Waals surface area contributed by atoms with Gasteiger partial charge in [-0.25, -0.2) is 9.18 Å². The van der Waals surface area contributed by atoms with E-state index in [1.165, 1.54) is 6.07 Å². The minimum atomic E-state index is -0.531. The average molecular weight is 547 g/mol. The molecule has 4 rings (SSSR count). The maximum Gasteiger partial charge on any atom is 0.407 e. The zero-order chi connectivity index (χ0) is 28.0. The van der Waals surface area contributed by atoms with Crippen molar-refractivity contribution in [2.24, 2.45) is 0 Å². The number of ether oxygens (including phenoxy) is 1. The van der Waals surface area contributed by atoms with Gasteiger partial charge in [-0.05, 0) is 77.7 Å². The molecule has 1 atom stereocenters. The quantitative estimate of drug-likeness (QED) is 0.428. The Labute approximate surface area is 230 Å². The van der Waals surface area contributed by atoms with Crippen molar-refractivity contribution in [2.75, 3.05) is 62.6 Å². The van der Waals surface area contributed by atoms with Gasteiger partial charge in [0.2, 0.25) is 11.8 Å². The molecule has 0 aromatic heterocycles. The Hall–Kier alpha value is -2.92. The van der Waals surface area contributed by atoms with Gasteiger partial charge in [0.15, 0.2) is 0 Å². The summed E-state index contributed by atoms with van der Waals surface area (Å²) in [6, 6.07) is 4.63. The number of halogens is 1. The van der Waals surface area contributed by atoms with E-state index in [1.807, 2.05) is 20.8 Å². The first-order chi connectivity index (χ1) is 18.6. The van der Waals surface area contributed by atoms with Gasteiger partial charge in [0.05, 0.1) is 5.69 Å². The Kier molecular flexibility index (Phi) is 9.66. The summed E-state index contributed by atoms with van der Waals surface area (Å²) in [5.41, 5.74) is 0.631. The SMILES string of the molecule is CC(C)(C)OC(=O)NC1CCN(CCCN2CCN(c3ccc(NC4CCC(=O)NC4=O)cc3F)CC2)CC1. The van der Waals surface area contributed by atoms with E-state index in [-0.39, 0.29) is 36.2 Å². The Morgan fingerprint density at radius 2 is 1.69 bits per heavy atom. The zero-order valence-corrected chi connectivity index (χ0v) is 23.4. The van der Waals surface area contributed by atoms with Crippen LogP contribution in [0.25, 0.3) is 0 Å². The molecule has 11 heteroatoms. The number of carbonyl (C=O) groups excluding carboxylic acids is 3. The fourth-order valence-electron chi connectivity index (χ4n) is 5.39. The fraction of sp³-hybridized carbons (Fsp3) is 0.679. The summed E-state index contributed by atoms with van der Waals surface area (Å²) in [7, 11) is 0. The van der Waals surface area contributed by atoms with Gasteiger partial charge in [0, 0.05) is 57.4 Å². The van der Waals surface area contributed by atoms with Crippen molar-refractivity contribution in [3.63, 3.8) is 0 Å². The largest absolute Gasteiger partial charge is 0.444 e. The predicted octanol–water partition coefficient (Wildman–Crippen LogP) is 2.54. The summed E-state index contributed by atoms with van der Waals surface area (Å²) in [5, 5.41) is 8.34. The third-order valence-corrected chi connectivity index (χ3v) is 7.50. The highest BCUT2D eigenvalue weighted by Gasteiger charge is 2.27. The third-order valence-electron chi connectivity index (χ3n) is 7.50. The first-order valence-electron chi connectivity index (χ1n) is 14.1. The summed E-state index contributed by atoms with van der Waals surface area (Å²) < 4.78 is 20.3. The molecule has 0 saturated carbocycles. The lowest BCUT2D eigenvalue weighted by Crippen LogP contribution is -2.48. The van der Waals surface area contributed by atoms with Gasteiger partial charge in [0.1, 0.15) is 17.5 Å². The van der Waals surface area contributed by atoms with Gasteiger partial charge in [-0.15, -0.1) is 0 Å². The van der Waals surface area contributed by atoms with Gasteiger partial charge >= 0.3 is 6.09 Å². The van der Waals surface area contributed by atoms with E-state index in [0.717, 1.165) is 71.6 Å². The highest BCUT2D eigenvalue weighted by Crippen LogP contribution is 2.25. The van der Waals surface area contributed by atoms with E-state index in [2.05, 4.69) is 30.7 Å². The molecule has 216 valence electrons. The standard InChI is InChI=1S/C28H43FN6O4/c1-28(2,3)39-27(38)31-20-9-13-33(14-10-20)11-4-12-34-15-17-35(18-16-34)24-7-5-21(19-22(24)29)30-23-6-8-25(36)32-26(23)37/h5,7,19-20,23,30H,4,6,8-18H2,1-3H3,(H,31,38)(H,32,36,37). The van der Waals surface area contributed by atoms with Crippen LogP contribution in [-0.2, 0) is 14.3 Å². The molecule has 3 fully saturated rings. The second-order valence-electron chi connectivity index (χ2n) is 11.8. The van der Waals surface area contributed by atoms with Crippen LogP contribution in [0.1, 0.15) is 52.9 Å². The lowest BCUT2D eigenvalue weighted by Gasteiger charge is -2.37. The average Bonchev–Trinajstić information content (AvgIpc) is 2.86. The molecular weight excluding hydrogens is 503 g/mol. The number of hydrogen-bond acceptors (Lipinski definition) is 8. The number of hydrogen-bond donors (Lipinski definition) is 3. The minimum Gasteiger partial charge on any atom is -0.444 e. The van der Waals surface area contributed by atoms with Crippen molar-refractivity contribution >= 4 is 29.3 Å². The highest BCUT2D eigenvalue weighted by atomic mass is 19.1. The van der Waals surface area contributed by atoms with Gasteiger partial charge in [-0.2, -0.15) is 0 Å². The first-order valence-corrected chi connectivity index (χ1v) is 14.1. The third kappa shape index (κ3) is 8.79. The number of piperazine rings is 1. The molecule has 3 amide bonds. The van der Waals surface area contributed by atoms with Gasteiger partial charge < -0.3 is 25.2 Å². The Morgan fingerprint density at radius 1 is 1.03 bits per heavy atom. The van der Waals surface area contributed by atoms with E-state index >= 15 is 0 Å². The molecule has 39 heavy (non-hydrogen) atoms. The molecular formula is C28H43FN6O4. The van der Waals surface area contributed by atoms with Crippen LogP contribution in [0.3, 0.4) is 0 Å². The molecule has 3 saturated heterocycles. The van der Waals surface area contributed by atoms with E-state index in [4.69, 9.17) is 4.74 Å². The summed E-state index contributed by atoms with van der Waals surface area (Å²) in [6.45, 7) is 12.9. The first kappa shape index (κ1) is 29.1. The Morgan fingerprint density at radius 3 is 2.31 bits per heavy atom. The molecule has 10 nitrogen and oxygen atoms in total. The molecule has 3 aliphatic heterocycles. The molecule has 0 radical (unpaired) electrons. The molecule has 0 bridgehead atoms. The minimum absolute atomic E-state index is 0.173. The van der Waals surface area contributed by atoms with Crippen molar-refractivity contribution < 1.29 is 23.5 Å². The number of nitrogens with zero attached hydrogens (tertiary/aromatic N) is 3. The van der Waals surface area contributed by atoms with Crippen LogP contribution in [0.5, 0.6) is 0 Å². The van der Waals surface area contributed by atoms with E-state index in [0.29, 0.717) is 17.8 Å². The number of piperidine rings is 2. The predicted molar refractivity (Wildman–Crippen MR) is 148 cm³/mol. The van der Waals surface area contributed by atoms with Gasteiger partial charge in [0.25, 0.3) is 0 Å². The molecule has 1 aromatic carbocycles. The Balaban J connectivity index is 1.13. The molecule has 1 unspecified atom stereocenters. The van der Waals surface area contributed by atoms with Crippen LogP contribution in [-0.4, -0.2) is 97.8 Å². The maximum absolute atomic E-state index is 14.9. The van der Waals surface area contributed by atoms with Gasteiger partial charge in [-0.3, -0.25) is 19.8 Å². The van der Waals surface area contributed by atoms with Crippen LogP contribution < -0.4 is 20.9 Å². The van der Waals surface area contributed by atoms with Crippen molar-refractivity contribution in [1.82, 2.24) is 20.4 Å². The number of amides is 3. The topological polar surface area (TPSA) is 106 Å². The van der Waals surface area contributed by atoms with E-state index < -0.39 is 11.6 Å². The molecule has 0 spiro atoms. The monoisotopic (exact) mass is 546 g/mol. The molecule has 3 aliphatic rings. The number of alkyl carbamates (subject to hydrolysis) is 1. The zero-order valence-electron chi connectivity index (χ0n) is 23.4.